The Labute approximate surface area is 169 Å². The second-order valence-corrected chi connectivity index (χ2v) is 7.64. The smallest absolute Gasteiger partial charge is 0.305 e. The van der Waals surface area contributed by atoms with Crippen LogP contribution in [0.3, 0.4) is 0 Å². The molecule has 0 unspecified atom stereocenters. The van der Waals surface area contributed by atoms with Crippen molar-refractivity contribution in [2.24, 2.45) is 10.2 Å². The summed E-state index contributed by atoms with van der Waals surface area (Å²) in [7, 11) is 1.35. The summed E-state index contributed by atoms with van der Waals surface area (Å²) in [6.07, 6.45) is 1.46. The molecule has 2 aromatic carbocycles. The van der Waals surface area contributed by atoms with E-state index in [0.717, 1.165) is 5.56 Å². The number of carbonyl (C=O) groups excluding carboxylic acids is 1. The highest BCUT2D eigenvalue weighted by Crippen LogP contribution is 2.40. The van der Waals surface area contributed by atoms with E-state index in [1.807, 2.05) is 26.8 Å². The summed E-state index contributed by atoms with van der Waals surface area (Å²) in [6, 6.07) is 9.58. The number of hydrogen-bond donors (Lipinski definition) is 1. The molecule has 8 heteroatoms. The van der Waals surface area contributed by atoms with Gasteiger partial charge in [0.1, 0.15) is 11.4 Å². The molecule has 0 saturated carbocycles. The van der Waals surface area contributed by atoms with Crippen molar-refractivity contribution >= 4 is 23.0 Å². The Morgan fingerprint density at radius 3 is 2.45 bits per heavy atom. The molecule has 0 atom stereocenters. The minimum Gasteiger partial charge on any atom is -0.505 e. The number of phenols is 1. The fourth-order valence-electron chi connectivity index (χ4n) is 2.82. The topological polar surface area (TPSA) is 114 Å². The fraction of sp³-hybridized carbons (Fsp3) is 0.381. The molecule has 0 amide bonds. The van der Waals surface area contributed by atoms with Gasteiger partial charge in [0, 0.05) is 18.1 Å². The molecule has 0 aliphatic rings. The number of nitrogens with zero attached hydrogens (tertiary/aromatic N) is 3. The molecule has 0 aromatic heterocycles. The quantitative estimate of drug-likeness (QED) is 0.285. The van der Waals surface area contributed by atoms with Crippen molar-refractivity contribution in [1.29, 1.82) is 0 Å². The SMILES string of the molecule is COC(=O)CCCc1cc(/N=N/c2ccccc2[N+](=O)[O-])c(O)c(C(C)(C)C)c1. The van der Waals surface area contributed by atoms with E-state index in [4.69, 9.17) is 0 Å². The molecule has 0 aliphatic carbocycles. The minimum absolute atomic E-state index is 0.0171. The van der Waals surface area contributed by atoms with Crippen LogP contribution in [0, 0.1) is 10.1 Å². The lowest BCUT2D eigenvalue weighted by molar-refractivity contribution is -0.384. The van der Waals surface area contributed by atoms with Crippen molar-refractivity contribution in [2.75, 3.05) is 7.11 Å². The highest BCUT2D eigenvalue weighted by molar-refractivity contribution is 5.69. The fourth-order valence-corrected chi connectivity index (χ4v) is 2.82. The number of aryl methyl sites for hydroxylation is 1. The van der Waals surface area contributed by atoms with Crippen LogP contribution in [0.25, 0.3) is 0 Å². The number of benzene rings is 2. The number of hydrogen-bond acceptors (Lipinski definition) is 7. The number of ether oxygens (including phenoxy) is 1. The number of para-hydroxylation sites is 1. The summed E-state index contributed by atoms with van der Waals surface area (Å²) in [4.78, 5) is 22.0. The largest absolute Gasteiger partial charge is 0.505 e. The second-order valence-electron chi connectivity index (χ2n) is 7.64. The standard InChI is InChI=1S/C21H25N3O5/c1-21(2,3)15-12-14(8-7-11-19(25)29-4)13-17(20(15)26)23-22-16-9-5-6-10-18(16)24(27)28/h5-6,9-10,12-13,26H,7-8,11H2,1-4H3/b23-22+. The van der Waals surface area contributed by atoms with Crippen LogP contribution in [0.4, 0.5) is 17.1 Å². The van der Waals surface area contributed by atoms with Crippen LogP contribution in [0.15, 0.2) is 46.6 Å². The van der Waals surface area contributed by atoms with Crippen LogP contribution < -0.4 is 0 Å². The van der Waals surface area contributed by atoms with E-state index >= 15 is 0 Å². The predicted molar refractivity (Wildman–Crippen MR) is 109 cm³/mol. The van der Waals surface area contributed by atoms with E-state index < -0.39 is 4.92 Å². The monoisotopic (exact) mass is 399 g/mol. The molecular formula is C21H25N3O5. The lowest BCUT2D eigenvalue weighted by Crippen LogP contribution is -2.12. The van der Waals surface area contributed by atoms with Gasteiger partial charge in [0.15, 0.2) is 5.69 Å². The zero-order chi connectivity index (χ0) is 21.6. The number of phenolic OH excluding ortho intramolecular Hbond substituents is 1. The van der Waals surface area contributed by atoms with Crippen molar-refractivity contribution in [3.05, 3.63) is 57.6 Å². The molecule has 154 valence electrons. The van der Waals surface area contributed by atoms with Gasteiger partial charge < -0.3 is 9.84 Å². The lowest BCUT2D eigenvalue weighted by Gasteiger charge is -2.22. The Kier molecular flexibility index (Phi) is 7.03. The van der Waals surface area contributed by atoms with Crippen LogP contribution >= 0.6 is 0 Å². The van der Waals surface area contributed by atoms with Crippen LogP contribution in [0.2, 0.25) is 0 Å². The van der Waals surface area contributed by atoms with Gasteiger partial charge in [0.2, 0.25) is 0 Å². The molecule has 0 fully saturated rings. The molecular weight excluding hydrogens is 374 g/mol. The van der Waals surface area contributed by atoms with Crippen LogP contribution in [-0.2, 0) is 21.4 Å². The number of rotatable bonds is 7. The molecule has 0 aliphatic heterocycles. The van der Waals surface area contributed by atoms with Crippen LogP contribution in [-0.4, -0.2) is 23.1 Å². The van der Waals surface area contributed by atoms with Crippen molar-refractivity contribution in [2.45, 2.75) is 45.4 Å². The van der Waals surface area contributed by atoms with E-state index in [1.54, 1.807) is 18.2 Å². The molecule has 0 bridgehead atoms. The van der Waals surface area contributed by atoms with Gasteiger partial charge in [0.05, 0.1) is 12.0 Å². The molecule has 0 heterocycles. The number of nitro groups is 1. The van der Waals surface area contributed by atoms with Gasteiger partial charge >= 0.3 is 5.97 Å². The van der Waals surface area contributed by atoms with E-state index in [1.165, 1.54) is 19.2 Å². The normalized spacial score (nSPS) is 11.6. The maximum atomic E-state index is 11.3. The third-order valence-corrected chi connectivity index (χ3v) is 4.38. The maximum absolute atomic E-state index is 11.3. The van der Waals surface area contributed by atoms with Gasteiger partial charge in [-0.25, -0.2) is 0 Å². The Morgan fingerprint density at radius 1 is 1.17 bits per heavy atom. The summed E-state index contributed by atoms with van der Waals surface area (Å²) in [5.74, 6) is -0.298. The van der Waals surface area contributed by atoms with Gasteiger partial charge in [-0.2, -0.15) is 0 Å². The Bertz CT molecular complexity index is 932. The third kappa shape index (κ3) is 5.84. The second kappa shape index (κ2) is 9.27. The number of carbonyl (C=O) groups is 1. The molecule has 2 rings (SSSR count). The number of nitro benzene ring substituents is 1. The molecule has 0 spiro atoms. The van der Waals surface area contributed by atoms with Crippen LogP contribution in [0.5, 0.6) is 5.75 Å². The summed E-state index contributed by atoms with van der Waals surface area (Å²) in [5.41, 5.74) is 1.37. The Hall–Kier alpha value is -3.29. The van der Waals surface area contributed by atoms with Gasteiger partial charge in [0.25, 0.3) is 5.69 Å². The van der Waals surface area contributed by atoms with Crippen molar-refractivity contribution < 1.29 is 19.6 Å². The number of methoxy groups -OCH3 is 1. The van der Waals surface area contributed by atoms with E-state index in [0.29, 0.717) is 18.4 Å². The lowest BCUT2D eigenvalue weighted by atomic mass is 9.84. The van der Waals surface area contributed by atoms with E-state index in [-0.39, 0.29) is 40.6 Å². The van der Waals surface area contributed by atoms with Crippen LogP contribution in [0.1, 0.15) is 44.7 Å². The average Bonchev–Trinajstić information content (AvgIpc) is 2.67. The Balaban J connectivity index is 2.41. The highest BCUT2D eigenvalue weighted by atomic mass is 16.6. The molecule has 8 nitrogen and oxygen atoms in total. The molecule has 0 radical (unpaired) electrons. The first kappa shape index (κ1) is 22.0. The van der Waals surface area contributed by atoms with Crippen molar-refractivity contribution in [1.82, 2.24) is 0 Å². The number of azo groups is 1. The summed E-state index contributed by atoms with van der Waals surface area (Å²) in [6.45, 7) is 5.88. The van der Waals surface area contributed by atoms with Gasteiger partial charge in [-0.15, -0.1) is 10.2 Å². The number of aromatic hydroxyl groups is 1. The maximum Gasteiger partial charge on any atom is 0.305 e. The minimum atomic E-state index is -0.530. The first-order valence-electron chi connectivity index (χ1n) is 9.22. The van der Waals surface area contributed by atoms with E-state index in [2.05, 4.69) is 15.0 Å². The number of esters is 1. The summed E-state index contributed by atoms with van der Waals surface area (Å²) in [5, 5.41) is 29.9. The molecule has 2 aromatic rings. The molecule has 1 N–H and O–H groups in total. The zero-order valence-electron chi connectivity index (χ0n) is 17.0. The molecule has 29 heavy (non-hydrogen) atoms. The van der Waals surface area contributed by atoms with Gasteiger partial charge in [-0.05, 0) is 36.0 Å². The van der Waals surface area contributed by atoms with Crippen molar-refractivity contribution in [3.8, 4) is 5.75 Å². The van der Waals surface area contributed by atoms with E-state index in [9.17, 15) is 20.0 Å². The third-order valence-electron chi connectivity index (χ3n) is 4.38. The summed E-state index contributed by atoms with van der Waals surface area (Å²) >= 11 is 0. The molecule has 0 saturated heterocycles. The Morgan fingerprint density at radius 2 is 1.83 bits per heavy atom. The van der Waals surface area contributed by atoms with Gasteiger partial charge in [-0.3, -0.25) is 14.9 Å². The predicted octanol–water partition coefficient (Wildman–Crippen LogP) is 5.51. The highest BCUT2D eigenvalue weighted by Gasteiger charge is 2.22. The zero-order valence-corrected chi connectivity index (χ0v) is 17.0. The van der Waals surface area contributed by atoms with Crippen molar-refractivity contribution in [3.63, 3.8) is 0 Å². The summed E-state index contributed by atoms with van der Waals surface area (Å²) < 4.78 is 4.66. The van der Waals surface area contributed by atoms with Gasteiger partial charge in [-0.1, -0.05) is 39.0 Å². The average molecular weight is 399 g/mol. The first-order chi connectivity index (χ1) is 13.6. The first-order valence-corrected chi connectivity index (χ1v) is 9.22.